The number of benzene rings is 2. The molecule has 0 radical (unpaired) electrons. The molecule has 3 N–H and O–H groups in total. The van der Waals surface area contributed by atoms with E-state index in [0.717, 1.165) is 57.5 Å². The summed E-state index contributed by atoms with van der Waals surface area (Å²) in [6.07, 6.45) is 3.04. The molecular weight excluding hydrogens is 541 g/mol. The van der Waals surface area contributed by atoms with Gasteiger partial charge in [0.05, 0.1) is 32.9 Å². The van der Waals surface area contributed by atoms with Crippen LogP contribution >= 0.6 is 24.0 Å². The standard InChI is InChI=1S/C26H35N5O2.HI/c1-3-27-26(28-13-12-21-18-29-24-7-5-4-6-23(21)24)30-19-25(31-14-16-33-17-15-31)20-8-10-22(32-2)11-9-20;/h4-11,18,25,29H,3,12-17,19H2,1-2H3,(H2,27,28,30);1H. The van der Waals surface area contributed by atoms with E-state index in [1.807, 2.05) is 12.1 Å². The molecule has 0 saturated carbocycles. The Morgan fingerprint density at radius 2 is 1.88 bits per heavy atom. The zero-order valence-corrected chi connectivity index (χ0v) is 22.4. The van der Waals surface area contributed by atoms with Gasteiger partial charge >= 0.3 is 0 Å². The van der Waals surface area contributed by atoms with E-state index in [4.69, 9.17) is 14.5 Å². The Labute approximate surface area is 219 Å². The lowest BCUT2D eigenvalue weighted by atomic mass is 10.0. The zero-order valence-electron chi connectivity index (χ0n) is 20.0. The maximum Gasteiger partial charge on any atom is 0.191 e. The lowest BCUT2D eigenvalue weighted by Gasteiger charge is -2.34. The van der Waals surface area contributed by atoms with E-state index in [2.05, 4.69) is 70.0 Å². The predicted octanol–water partition coefficient (Wildman–Crippen LogP) is 3.97. The summed E-state index contributed by atoms with van der Waals surface area (Å²) in [7, 11) is 1.70. The monoisotopic (exact) mass is 577 g/mol. The van der Waals surface area contributed by atoms with E-state index < -0.39 is 0 Å². The molecule has 8 heteroatoms. The van der Waals surface area contributed by atoms with Crippen LogP contribution in [0.3, 0.4) is 0 Å². The van der Waals surface area contributed by atoms with Gasteiger partial charge in [-0.05, 0) is 42.7 Å². The van der Waals surface area contributed by atoms with Crippen LogP contribution in [0.1, 0.15) is 24.1 Å². The van der Waals surface area contributed by atoms with Crippen LogP contribution in [0, 0.1) is 0 Å². The largest absolute Gasteiger partial charge is 0.497 e. The molecule has 0 bridgehead atoms. The second-order valence-electron chi connectivity index (χ2n) is 8.19. The van der Waals surface area contributed by atoms with Gasteiger partial charge in [-0.25, -0.2) is 0 Å². The van der Waals surface area contributed by atoms with Gasteiger partial charge < -0.3 is 25.1 Å². The molecule has 1 aliphatic heterocycles. The average molecular weight is 578 g/mol. The van der Waals surface area contributed by atoms with E-state index in [9.17, 15) is 0 Å². The highest BCUT2D eigenvalue weighted by Gasteiger charge is 2.22. The molecule has 1 fully saturated rings. The Morgan fingerprint density at radius 3 is 2.62 bits per heavy atom. The summed E-state index contributed by atoms with van der Waals surface area (Å²) < 4.78 is 10.9. The number of fused-ring (bicyclic) bond motifs is 1. The van der Waals surface area contributed by atoms with Crippen LogP contribution in [0.15, 0.2) is 59.7 Å². The number of aromatic nitrogens is 1. The van der Waals surface area contributed by atoms with E-state index >= 15 is 0 Å². The zero-order chi connectivity index (χ0) is 22.9. The average Bonchev–Trinajstić information content (AvgIpc) is 3.28. The molecule has 0 amide bonds. The van der Waals surface area contributed by atoms with Gasteiger partial charge in [-0.1, -0.05) is 30.3 Å². The summed E-state index contributed by atoms with van der Waals surface area (Å²) in [5.41, 5.74) is 3.75. The molecule has 4 rings (SSSR count). The van der Waals surface area contributed by atoms with Crippen LogP contribution in [0.25, 0.3) is 10.9 Å². The Morgan fingerprint density at radius 1 is 1.12 bits per heavy atom. The Kier molecular flexibility index (Phi) is 10.5. The van der Waals surface area contributed by atoms with Gasteiger partial charge in [-0.15, -0.1) is 24.0 Å². The number of aromatic amines is 1. The maximum atomic E-state index is 5.58. The van der Waals surface area contributed by atoms with Gasteiger partial charge in [-0.3, -0.25) is 9.89 Å². The first-order chi connectivity index (χ1) is 16.3. The predicted molar refractivity (Wildman–Crippen MR) is 150 cm³/mol. The normalized spacial score (nSPS) is 15.5. The summed E-state index contributed by atoms with van der Waals surface area (Å²) in [5, 5.41) is 8.19. The lowest BCUT2D eigenvalue weighted by molar-refractivity contribution is 0.0179. The third kappa shape index (κ3) is 6.86. The molecular formula is C26H36IN5O2. The van der Waals surface area contributed by atoms with Gasteiger partial charge in [-0.2, -0.15) is 0 Å². The molecule has 1 atom stereocenters. The van der Waals surface area contributed by atoms with E-state index in [1.165, 1.54) is 22.0 Å². The van der Waals surface area contributed by atoms with Crippen LogP contribution in [-0.2, 0) is 11.2 Å². The summed E-state index contributed by atoms with van der Waals surface area (Å²) >= 11 is 0. The Balaban J connectivity index is 0.00000324. The van der Waals surface area contributed by atoms with Crippen LogP contribution in [0.2, 0.25) is 0 Å². The molecule has 34 heavy (non-hydrogen) atoms. The van der Waals surface area contributed by atoms with Crippen molar-refractivity contribution in [3.63, 3.8) is 0 Å². The van der Waals surface area contributed by atoms with Crippen LogP contribution in [-0.4, -0.2) is 68.9 Å². The highest BCUT2D eigenvalue weighted by molar-refractivity contribution is 14.0. The number of halogens is 1. The number of guanidine groups is 1. The summed E-state index contributed by atoms with van der Waals surface area (Å²) in [6, 6.07) is 17.0. The number of nitrogens with zero attached hydrogens (tertiary/aromatic N) is 2. The molecule has 1 unspecified atom stereocenters. The number of ether oxygens (including phenoxy) is 2. The van der Waals surface area contributed by atoms with Gasteiger partial charge in [0.25, 0.3) is 0 Å². The molecule has 2 aromatic carbocycles. The summed E-state index contributed by atoms with van der Waals surface area (Å²) in [5.74, 6) is 1.72. The lowest BCUT2D eigenvalue weighted by Crippen LogP contribution is -2.42. The van der Waals surface area contributed by atoms with Crippen molar-refractivity contribution in [2.45, 2.75) is 19.4 Å². The van der Waals surface area contributed by atoms with Crippen molar-refractivity contribution in [1.29, 1.82) is 0 Å². The molecule has 2 heterocycles. The topological polar surface area (TPSA) is 73.9 Å². The minimum absolute atomic E-state index is 0. The van der Waals surface area contributed by atoms with E-state index in [0.29, 0.717) is 6.54 Å². The summed E-state index contributed by atoms with van der Waals surface area (Å²) in [4.78, 5) is 10.8. The van der Waals surface area contributed by atoms with Gasteiger partial charge in [0.2, 0.25) is 0 Å². The second-order valence-corrected chi connectivity index (χ2v) is 8.19. The smallest absolute Gasteiger partial charge is 0.191 e. The SMILES string of the molecule is CCNC(=NCC(c1ccc(OC)cc1)N1CCOCC1)NCCc1c[nH]c2ccccc12.I. The molecule has 0 aliphatic carbocycles. The molecule has 184 valence electrons. The summed E-state index contributed by atoms with van der Waals surface area (Å²) in [6.45, 7) is 7.77. The molecule has 1 aliphatic rings. The first kappa shape index (κ1) is 26.3. The van der Waals surface area contributed by atoms with Gasteiger partial charge in [0.15, 0.2) is 5.96 Å². The van der Waals surface area contributed by atoms with Crippen molar-refractivity contribution in [1.82, 2.24) is 20.5 Å². The first-order valence-electron chi connectivity index (χ1n) is 11.8. The van der Waals surface area contributed by atoms with Crippen LogP contribution in [0.4, 0.5) is 0 Å². The van der Waals surface area contributed by atoms with Crippen molar-refractivity contribution < 1.29 is 9.47 Å². The van der Waals surface area contributed by atoms with Crippen molar-refractivity contribution in [3.05, 3.63) is 65.9 Å². The third-order valence-electron chi connectivity index (χ3n) is 6.12. The van der Waals surface area contributed by atoms with Crippen molar-refractivity contribution in [2.24, 2.45) is 4.99 Å². The Hall–Kier alpha value is -2.30. The first-order valence-corrected chi connectivity index (χ1v) is 11.8. The second kappa shape index (κ2) is 13.6. The number of para-hydroxylation sites is 1. The molecule has 1 saturated heterocycles. The highest BCUT2D eigenvalue weighted by atomic mass is 127. The van der Waals surface area contributed by atoms with Crippen molar-refractivity contribution in [3.8, 4) is 5.75 Å². The fourth-order valence-corrected chi connectivity index (χ4v) is 4.32. The number of rotatable bonds is 9. The Bertz CT molecular complexity index is 1030. The molecule has 7 nitrogen and oxygen atoms in total. The molecule has 0 spiro atoms. The van der Waals surface area contributed by atoms with Crippen molar-refractivity contribution >= 4 is 40.8 Å². The number of hydrogen-bond acceptors (Lipinski definition) is 4. The van der Waals surface area contributed by atoms with Crippen LogP contribution < -0.4 is 15.4 Å². The van der Waals surface area contributed by atoms with Gasteiger partial charge in [0.1, 0.15) is 5.75 Å². The number of nitrogens with one attached hydrogen (secondary N) is 3. The number of aliphatic imine (C=N–C) groups is 1. The fourth-order valence-electron chi connectivity index (χ4n) is 4.32. The fraction of sp³-hybridized carbons (Fsp3) is 0.423. The van der Waals surface area contributed by atoms with Crippen molar-refractivity contribution in [2.75, 3.05) is 53.0 Å². The quantitative estimate of drug-likeness (QED) is 0.204. The van der Waals surface area contributed by atoms with E-state index in [-0.39, 0.29) is 30.0 Å². The molecule has 3 aromatic rings. The van der Waals surface area contributed by atoms with Crippen LogP contribution in [0.5, 0.6) is 5.75 Å². The minimum atomic E-state index is 0. The number of H-pyrrole nitrogens is 1. The van der Waals surface area contributed by atoms with E-state index in [1.54, 1.807) is 7.11 Å². The number of methoxy groups -OCH3 is 1. The minimum Gasteiger partial charge on any atom is -0.497 e. The third-order valence-corrected chi connectivity index (χ3v) is 6.12. The highest BCUT2D eigenvalue weighted by Crippen LogP contribution is 2.24. The molecule has 1 aromatic heterocycles. The maximum absolute atomic E-state index is 5.58. The number of morpholine rings is 1. The number of hydrogen-bond donors (Lipinski definition) is 3. The van der Waals surface area contributed by atoms with Gasteiger partial charge in [0, 0.05) is 43.3 Å².